The highest BCUT2D eigenvalue weighted by atomic mass is 35.5. The molecule has 1 aromatic carbocycles. The van der Waals surface area contributed by atoms with Gasteiger partial charge in [0.15, 0.2) is 5.78 Å². The average Bonchev–Trinajstić information content (AvgIpc) is 3.18. The van der Waals surface area contributed by atoms with Gasteiger partial charge in [-0.1, -0.05) is 46.9 Å². The van der Waals surface area contributed by atoms with Crippen LogP contribution in [0.3, 0.4) is 0 Å². The lowest BCUT2D eigenvalue weighted by atomic mass is 9.74. The van der Waals surface area contributed by atoms with Crippen molar-refractivity contribution in [1.29, 1.82) is 0 Å². The monoisotopic (exact) mass is 507 g/mol. The molecule has 0 saturated heterocycles. The normalized spacial score (nSPS) is 17.5. The molecule has 0 bridgehead atoms. The largest absolute Gasteiger partial charge is 0.480 e. The molecule has 2 N–H and O–H groups in total. The van der Waals surface area contributed by atoms with Crippen LogP contribution in [0.15, 0.2) is 41.3 Å². The summed E-state index contributed by atoms with van der Waals surface area (Å²) in [6.07, 6.45) is 3.53. The van der Waals surface area contributed by atoms with Crippen molar-refractivity contribution in [2.75, 3.05) is 11.4 Å². The van der Waals surface area contributed by atoms with Gasteiger partial charge in [0, 0.05) is 36.7 Å². The molecule has 1 amide bonds. The number of allylic oxidation sites excluding steroid dienone is 2. The lowest BCUT2D eigenvalue weighted by Crippen LogP contribution is -2.50. The van der Waals surface area contributed by atoms with Gasteiger partial charge in [-0.3, -0.25) is 14.6 Å². The molecular weight excluding hydrogens is 489 g/mol. The van der Waals surface area contributed by atoms with E-state index in [-0.39, 0.29) is 38.8 Å². The van der Waals surface area contributed by atoms with Crippen LogP contribution in [0.1, 0.15) is 35.3 Å². The second-order valence-corrected chi connectivity index (χ2v) is 9.72. The van der Waals surface area contributed by atoms with Crippen LogP contribution in [-0.2, 0) is 22.4 Å². The van der Waals surface area contributed by atoms with Crippen LogP contribution in [-0.4, -0.2) is 40.3 Å². The van der Waals surface area contributed by atoms with Crippen molar-refractivity contribution >= 4 is 58.1 Å². The first-order chi connectivity index (χ1) is 15.5. The fourth-order valence-electron chi connectivity index (χ4n) is 4.11. The molecule has 0 radical (unpaired) electrons. The minimum Gasteiger partial charge on any atom is -0.480 e. The molecule has 0 spiro atoms. The molecular formula is C23H20Cl3N3O4. The van der Waals surface area contributed by atoms with Gasteiger partial charge in [0.1, 0.15) is 11.1 Å². The average molecular weight is 509 g/mol. The Morgan fingerprint density at radius 3 is 2.48 bits per heavy atom. The summed E-state index contributed by atoms with van der Waals surface area (Å²) in [6, 6.07) is 4.50. The quantitative estimate of drug-likeness (QED) is 0.606. The number of carbonyl (C=O) groups excluding carboxylic acids is 2. The molecule has 0 saturated carbocycles. The third kappa shape index (κ3) is 4.09. The summed E-state index contributed by atoms with van der Waals surface area (Å²) in [5.74, 6) is -1.59. The highest BCUT2D eigenvalue weighted by Gasteiger charge is 2.47. The molecule has 2 aliphatic rings. The van der Waals surface area contributed by atoms with E-state index in [0.29, 0.717) is 18.7 Å². The van der Waals surface area contributed by atoms with Crippen molar-refractivity contribution in [3.63, 3.8) is 0 Å². The Morgan fingerprint density at radius 1 is 1.21 bits per heavy atom. The van der Waals surface area contributed by atoms with Crippen LogP contribution in [0.5, 0.6) is 0 Å². The van der Waals surface area contributed by atoms with Gasteiger partial charge in [0.2, 0.25) is 0 Å². The first-order valence-electron chi connectivity index (χ1n) is 10.2. The van der Waals surface area contributed by atoms with Gasteiger partial charge in [-0.05, 0) is 37.5 Å². The number of hydrogen-bond acceptors (Lipinski definition) is 5. The lowest BCUT2D eigenvalue weighted by Gasteiger charge is -2.38. The Balaban J connectivity index is 1.55. The second kappa shape index (κ2) is 8.63. The van der Waals surface area contributed by atoms with Gasteiger partial charge in [0.05, 0.1) is 21.0 Å². The van der Waals surface area contributed by atoms with Crippen LogP contribution in [0.4, 0.5) is 5.69 Å². The van der Waals surface area contributed by atoms with Crippen LogP contribution >= 0.6 is 34.8 Å². The van der Waals surface area contributed by atoms with Crippen LogP contribution in [0.2, 0.25) is 10.0 Å². The molecule has 33 heavy (non-hydrogen) atoms. The van der Waals surface area contributed by atoms with Crippen LogP contribution in [0.25, 0.3) is 0 Å². The Morgan fingerprint density at radius 2 is 1.88 bits per heavy atom. The number of aromatic nitrogens is 1. The highest BCUT2D eigenvalue weighted by Crippen LogP contribution is 2.43. The molecule has 1 aliphatic carbocycles. The minimum atomic E-state index is -1.05. The van der Waals surface area contributed by atoms with Crippen molar-refractivity contribution in [2.45, 2.75) is 32.7 Å². The smallest absolute Gasteiger partial charge is 0.326 e. The summed E-state index contributed by atoms with van der Waals surface area (Å²) in [5.41, 5.74) is 2.22. The van der Waals surface area contributed by atoms with E-state index in [1.807, 2.05) is 6.07 Å². The molecule has 1 aromatic heterocycles. The summed E-state index contributed by atoms with van der Waals surface area (Å²) in [4.78, 5) is 42.4. The van der Waals surface area contributed by atoms with Crippen molar-refractivity contribution in [2.24, 2.45) is 5.41 Å². The standard InChI is InChI=1S/C23H20Cl3N3O4/c1-23(2)19(18(26)20(23)30)28-15(22(32)33)8-11-3-4-16-12(7-11)5-6-29(16)21(31)17-13(24)9-27-10-14(17)25/h3-4,7,9-10,15,28H,5-6,8H2,1-2H3,(H,32,33). The van der Waals surface area contributed by atoms with E-state index in [2.05, 4.69) is 10.3 Å². The fourth-order valence-corrected chi connectivity index (χ4v) is 5.16. The molecule has 1 atom stereocenters. The van der Waals surface area contributed by atoms with Crippen molar-refractivity contribution in [3.05, 3.63) is 68.1 Å². The zero-order chi connectivity index (χ0) is 24.1. The number of Topliss-reactive ketones (excluding diaryl/α,β-unsaturated/α-hetero) is 1. The Bertz CT molecular complexity index is 1210. The van der Waals surface area contributed by atoms with Gasteiger partial charge in [-0.15, -0.1) is 0 Å². The number of anilines is 1. The van der Waals surface area contributed by atoms with Crippen molar-refractivity contribution in [3.8, 4) is 0 Å². The fraction of sp³-hybridized carbons (Fsp3) is 0.304. The maximum Gasteiger partial charge on any atom is 0.326 e. The maximum atomic E-state index is 13.1. The molecule has 0 fully saturated rings. The Labute approximate surface area is 205 Å². The van der Waals surface area contributed by atoms with E-state index in [1.54, 1.807) is 30.9 Å². The molecule has 7 nitrogen and oxygen atoms in total. The minimum absolute atomic E-state index is 0.0443. The number of benzene rings is 1. The number of pyridine rings is 1. The number of nitrogens with one attached hydrogen (secondary N) is 1. The van der Waals surface area contributed by atoms with E-state index < -0.39 is 17.4 Å². The molecule has 4 rings (SSSR count). The topological polar surface area (TPSA) is 99.6 Å². The number of amides is 1. The number of fused-ring (bicyclic) bond motifs is 1. The molecule has 10 heteroatoms. The van der Waals surface area contributed by atoms with Gasteiger partial charge in [-0.25, -0.2) is 4.79 Å². The number of rotatable bonds is 6. The van der Waals surface area contributed by atoms with E-state index >= 15 is 0 Å². The number of ketones is 1. The third-order valence-electron chi connectivity index (χ3n) is 6.02. The lowest BCUT2D eigenvalue weighted by molar-refractivity contribution is -0.139. The molecule has 2 aromatic rings. The number of nitrogens with zero attached hydrogens (tertiary/aromatic N) is 2. The maximum absolute atomic E-state index is 13.1. The second-order valence-electron chi connectivity index (χ2n) is 8.53. The predicted molar refractivity (Wildman–Crippen MR) is 126 cm³/mol. The summed E-state index contributed by atoms with van der Waals surface area (Å²) in [6.45, 7) is 3.85. The SMILES string of the molecule is CC1(C)C(=O)C(Cl)=C1NC(Cc1ccc2c(c1)CCN2C(=O)c1c(Cl)cncc1Cl)C(=O)O. The van der Waals surface area contributed by atoms with Gasteiger partial charge in [0.25, 0.3) is 5.91 Å². The van der Waals surface area contributed by atoms with E-state index in [9.17, 15) is 19.5 Å². The number of hydrogen-bond donors (Lipinski definition) is 2. The highest BCUT2D eigenvalue weighted by molar-refractivity contribution is 6.47. The molecule has 1 aliphatic heterocycles. The number of carbonyl (C=O) groups is 3. The van der Waals surface area contributed by atoms with Gasteiger partial charge in [-0.2, -0.15) is 0 Å². The van der Waals surface area contributed by atoms with Gasteiger partial charge < -0.3 is 15.3 Å². The van der Waals surface area contributed by atoms with E-state index in [1.165, 1.54) is 12.4 Å². The third-order valence-corrected chi connectivity index (χ3v) is 6.95. The number of halogens is 3. The summed E-state index contributed by atoms with van der Waals surface area (Å²) < 4.78 is 0. The number of aliphatic carboxylic acids is 1. The molecule has 1 unspecified atom stereocenters. The first kappa shape index (κ1) is 23.5. The van der Waals surface area contributed by atoms with E-state index in [0.717, 1.165) is 16.8 Å². The zero-order valence-electron chi connectivity index (χ0n) is 17.8. The van der Waals surface area contributed by atoms with Crippen molar-refractivity contribution in [1.82, 2.24) is 10.3 Å². The van der Waals surface area contributed by atoms with E-state index in [4.69, 9.17) is 34.8 Å². The molecule has 2 heterocycles. The summed E-state index contributed by atoms with van der Waals surface area (Å²) in [5, 5.41) is 13.0. The Hall–Kier alpha value is -2.61. The summed E-state index contributed by atoms with van der Waals surface area (Å²) >= 11 is 18.3. The van der Waals surface area contributed by atoms with Crippen LogP contribution < -0.4 is 10.2 Å². The number of carboxylic acid groups (broad SMARTS) is 1. The summed E-state index contributed by atoms with van der Waals surface area (Å²) in [7, 11) is 0. The van der Waals surface area contributed by atoms with Gasteiger partial charge >= 0.3 is 5.97 Å². The Kier molecular flexibility index (Phi) is 6.16. The molecule has 172 valence electrons. The zero-order valence-corrected chi connectivity index (χ0v) is 20.1. The number of carboxylic acids is 1. The first-order valence-corrected chi connectivity index (χ1v) is 11.3. The van der Waals surface area contributed by atoms with Crippen molar-refractivity contribution < 1.29 is 19.5 Å². The predicted octanol–water partition coefficient (Wildman–Crippen LogP) is 4.24. The van der Waals surface area contributed by atoms with Crippen LogP contribution in [0, 0.1) is 5.41 Å².